The predicted octanol–water partition coefficient (Wildman–Crippen LogP) is 2.40. The number of aromatic nitrogens is 2. The maximum absolute atomic E-state index is 5.54. The molecule has 1 aromatic heterocycles. The van der Waals surface area contributed by atoms with Crippen molar-refractivity contribution < 1.29 is 9.47 Å². The highest BCUT2D eigenvalue weighted by Crippen LogP contribution is 2.28. The Labute approximate surface area is 112 Å². The number of nitrogens with one attached hydrogen (secondary N) is 1. The molecule has 0 aliphatic carbocycles. The van der Waals surface area contributed by atoms with Gasteiger partial charge in [-0.25, -0.2) is 0 Å². The molecule has 1 aliphatic rings. The molecular weight excluding hydrogens is 250 g/mol. The molecule has 2 rings (SSSR count). The maximum atomic E-state index is 5.54. The van der Waals surface area contributed by atoms with E-state index in [4.69, 9.17) is 9.47 Å². The monoisotopic (exact) mass is 271 g/mol. The second-order valence-corrected chi connectivity index (χ2v) is 6.65. The van der Waals surface area contributed by atoms with E-state index in [9.17, 15) is 0 Å². The number of nitrogens with zero attached hydrogens (tertiary/aromatic N) is 2. The van der Waals surface area contributed by atoms with Crippen LogP contribution >= 0.6 is 11.3 Å². The van der Waals surface area contributed by atoms with Gasteiger partial charge in [-0.15, -0.1) is 10.2 Å². The summed E-state index contributed by atoms with van der Waals surface area (Å²) < 4.78 is 11.1. The summed E-state index contributed by atoms with van der Waals surface area (Å²) in [5.41, 5.74) is 0.0568. The summed E-state index contributed by atoms with van der Waals surface area (Å²) in [5.74, 6) is -0.440. The molecule has 0 amide bonds. The molecule has 0 saturated carbocycles. The average molecular weight is 271 g/mol. The van der Waals surface area contributed by atoms with Crippen LogP contribution in [0, 0.1) is 0 Å². The van der Waals surface area contributed by atoms with Crippen molar-refractivity contribution in [3.63, 3.8) is 0 Å². The highest BCUT2D eigenvalue weighted by atomic mass is 32.1. The minimum atomic E-state index is -0.440. The van der Waals surface area contributed by atoms with E-state index in [-0.39, 0.29) is 5.41 Å². The molecule has 102 valence electrons. The molecule has 0 atom stereocenters. The fourth-order valence-electron chi connectivity index (χ4n) is 1.70. The second-order valence-electron chi connectivity index (χ2n) is 5.67. The molecule has 1 fully saturated rings. The smallest absolute Gasteiger partial charge is 0.205 e. The molecule has 2 heterocycles. The van der Waals surface area contributed by atoms with E-state index in [1.54, 1.807) is 11.3 Å². The van der Waals surface area contributed by atoms with Gasteiger partial charge in [-0.1, -0.05) is 32.1 Å². The van der Waals surface area contributed by atoms with Crippen LogP contribution in [0.4, 0.5) is 5.13 Å². The summed E-state index contributed by atoms with van der Waals surface area (Å²) in [5, 5.41) is 13.5. The van der Waals surface area contributed by atoms with Crippen LogP contribution in [0.2, 0.25) is 0 Å². The van der Waals surface area contributed by atoms with Crippen LogP contribution in [-0.4, -0.2) is 35.7 Å². The quantitative estimate of drug-likeness (QED) is 0.911. The van der Waals surface area contributed by atoms with Gasteiger partial charge in [0.2, 0.25) is 5.13 Å². The van der Waals surface area contributed by atoms with E-state index < -0.39 is 5.79 Å². The first-order chi connectivity index (χ1) is 8.39. The number of hydrogen-bond acceptors (Lipinski definition) is 6. The summed E-state index contributed by atoms with van der Waals surface area (Å²) in [7, 11) is 0. The fourth-order valence-corrected chi connectivity index (χ4v) is 2.52. The van der Waals surface area contributed by atoms with Crippen LogP contribution in [-0.2, 0) is 14.9 Å². The van der Waals surface area contributed by atoms with E-state index in [2.05, 4.69) is 36.3 Å². The second kappa shape index (κ2) is 5.11. The van der Waals surface area contributed by atoms with Gasteiger partial charge in [-0.05, 0) is 6.92 Å². The van der Waals surface area contributed by atoms with Crippen LogP contribution in [0.1, 0.15) is 39.1 Å². The van der Waals surface area contributed by atoms with Crippen LogP contribution in [0.3, 0.4) is 0 Å². The van der Waals surface area contributed by atoms with Gasteiger partial charge >= 0.3 is 0 Å². The van der Waals surface area contributed by atoms with Gasteiger partial charge < -0.3 is 14.8 Å². The molecule has 1 saturated heterocycles. The largest absolute Gasteiger partial charge is 0.360 e. The van der Waals surface area contributed by atoms with E-state index in [1.165, 1.54) is 0 Å². The standard InChI is InChI=1S/C12H21N3O2S/c1-11(2,3)9-14-15-10(18-9)13-6-5-12(4)16-7-8-17-12/h5-8H2,1-4H3,(H,13,15). The van der Waals surface area contributed by atoms with Crippen LogP contribution in [0.25, 0.3) is 0 Å². The Morgan fingerprint density at radius 3 is 2.50 bits per heavy atom. The van der Waals surface area contributed by atoms with E-state index >= 15 is 0 Å². The van der Waals surface area contributed by atoms with Crippen molar-refractivity contribution in [2.24, 2.45) is 0 Å². The summed E-state index contributed by atoms with van der Waals surface area (Å²) in [6.45, 7) is 10.5. The van der Waals surface area contributed by atoms with Gasteiger partial charge in [0.15, 0.2) is 5.79 Å². The van der Waals surface area contributed by atoms with Crippen molar-refractivity contribution in [3.8, 4) is 0 Å². The summed E-state index contributed by atoms with van der Waals surface area (Å²) >= 11 is 1.61. The number of ether oxygens (including phenoxy) is 2. The lowest BCUT2D eigenvalue weighted by Gasteiger charge is -2.21. The van der Waals surface area contributed by atoms with E-state index in [1.807, 2.05) is 6.92 Å². The van der Waals surface area contributed by atoms with Gasteiger partial charge in [-0.3, -0.25) is 0 Å². The first-order valence-corrected chi connectivity index (χ1v) is 7.06. The zero-order chi connectivity index (χ0) is 13.2. The Morgan fingerprint density at radius 1 is 1.28 bits per heavy atom. The Kier molecular flexibility index (Phi) is 3.89. The minimum absolute atomic E-state index is 0.0568. The molecule has 0 unspecified atom stereocenters. The highest BCUT2D eigenvalue weighted by Gasteiger charge is 2.30. The highest BCUT2D eigenvalue weighted by molar-refractivity contribution is 7.15. The molecular formula is C12H21N3O2S. The third-order valence-electron chi connectivity index (χ3n) is 2.82. The van der Waals surface area contributed by atoms with Crippen LogP contribution in [0.15, 0.2) is 0 Å². The van der Waals surface area contributed by atoms with Crippen molar-refractivity contribution >= 4 is 16.5 Å². The molecule has 0 aromatic carbocycles. The lowest BCUT2D eigenvalue weighted by Crippen LogP contribution is -2.28. The zero-order valence-corrected chi connectivity index (χ0v) is 12.3. The number of anilines is 1. The van der Waals surface area contributed by atoms with Crippen molar-refractivity contribution in [3.05, 3.63) is 5.01 Å². The molecule has 18 heavy (non-hydrogen) atoms. The molecule has 0 bridgehead atoms. The van der Waals surface area contributed by atoms with Crippen molar-refractivity contribution in [1.82, 2.24) is 10.2 Å². The summed E-state index contributed by atoms with van der Waals surface area (Å²) in [4.78, 5) is 0. The third kappa shape index (κ3) is 3.40. The minimum Gasteiger partial charge on any atom is -0.360 e. The molecule has 5 nitrogen and oxygen atoms in total. The normalized spacial score (nSPS) is 19.1. The molecule has 0 radical (unpaired) electrons. The molecule has 1 aromatic rings. The summed E-state index contributed by atoms with van der Waals surface area (Å²) in [6, 6.07) is 0. The fraction of sp³-hybridized carbons (Fsp3) is 0.833. The Morgan fingerprint density at radius 2 is 1.94 bits per heavy atom. The van der Waals surface area contributed by atoms with Crippen LogP contribution < -0.4 is 5.32 Å². The van der Waals surface area contributed by atoms with Crippen molar-refractivity contribution in [2.75, 3.05) is 25.1 Å². The number of rotatable bonds is 4. The molecule has 6 heteroatoms. The Bertz CT molecular complexity index is 394. The molecule has 1 N–H and O–H groups in total. The maximum Gasteiger partial charge on any atom is 0.205 e. The predicted molar refractivity (Wildman–Crippen MR) is 72.0 cm³/mol. The van der Waals surface area contributed by atoms with Gasteiger partial charge in [0.1, 0.15) is 5.01 Å². The Balaban J connectivity index is 1.82. The first-order valence-electron chi connectivity index (χ1n) is 6.25. The van der Waals surface area contributed by atoms with Gasteiger partial charge in [0, 0.05) is 18.4 Å². The van der Waals surface area contributed by atoms with Gasteiger partial charge in [0.05, 0.1) is 13.2 Å². The summed E-state index contributed by atoms with van der Waals surface area (Å²) in [6.07, 6.45) is 0.803. The molecule has 1 aliphatic heterocycles. The third-order valence-corrected chi connectivity index (χ3v) is 4.13. The zero-order valence-electron chi connectivity index (χ0n) is 11.4. The topological polar surface area (TPSA) is 56.3 Å². The van der Waals surface area contributed by atoms with Gasteiger partial charge in [0.25, 0.3) is 0 Å². The first kappa shape index (κ1) is 13.7. The Hall–Kier alpha value is -0.720. The van der Waals surface area contributed by atoms with E-state index in [0.29, 0.717) is 13.2 Å². The van der Waals surface area contributed by atoms with Crippen LogP contribution in [0.5, 0.6) is 0 Å². The lowest BCUT2D eigenvalue weighted by atomic mass is 9.98. The van der Waals surface area contributed by atoms with E-state index in [0.717, 1.165) is 23.1 Å². The molecule has 0 spiro atoms. The lowest BCUT2D eigenvalue weighted by molar-refractivity contribution is -0.144. The average Bonchev–Trinajstić information content (AvgIpc) is 2.87. The van der Waals surface area contributed by atoms with Crippen molar-refractivity contribution in [1.29, 1.82) is 0 Å². The SMILES string of the molecule is CC1(CCNc2nnc(C(C)(C)C)s2)OCCO1. The van der Waals surface area contributed by atoms with Gasteiger partial charge in [-0.2, -0.15) is 0 Å². The van der Waals surface area contributed by atoms with Crippen molar-refractivity contribution in [2.45, 2.75) is 45.3 Å². The number of hydrogen-bond donors (Lipinski definition) is 1.